The van der Waals surface area contributed by atoms with Crippen molar-refractivity contribution < 1.29 is 14.6 Å². The van der Waals surface area contributed by atoms with Crippen LogP contribution in [0.25, 0.3) is 0 Å². The summed E-state index contributed by atoms with van der Waals surface area (Å²) < 4.78 is 5.45. The molecular weight excluding hydrogens is 218 g/mol. The topological polar surface area (TPSA) is 58.9 Å². The molecule has 0 amide bonds. The van der Waals surface area contributed by atoms with E-state index in [1.54, 1.807) is 0 Å². The molecule has 1 atom stereocenters. The van der Waals surface area contributed by atoms with E-state index in [2.05, 4.69) is 4.99 Å². The van der Waals surface area contributed by atoms with Crippen LogP contribution in [0.3, 0.4) is 0 Å². The molecule has 0 radical (unpaired) electrons. The number of nitrogens with zero attached hydrogens (tertiary/aromatic N) is 1. The zero-order valence-corrected chi connectivity index (χ0v) is 9.24. The molecule has 1 aliphatic rings. The van der Waals surface area contributed by atoms with Crippen LogP contribution in [-0.2, 0) is 16.1 Å². The van der Waals surface area contributed by atoms with Crippen molar-refractivity contribution in [3.8, 4) is 0 Å². The Morgan fingerprint density at radius 2 is 2.06 bits per heavy atom. The second-order valence-electron chi connectivity index (χ2n) is 3.69. The lowest BCUT2D eigenvalue weighted by Crippen LogP contribution is -2.27. The molecule has 2 rings (SSSR count). The minimum atomic E-state index is -0.648. The number of ether oxygens (including phenoxy) is 1. The fraction of sp³-hybridized carbons (Fsp3) is 0.231. The average Bonchev–Trinajstić information content (AvgIpc) is 2.38. The van der Waals surface area contributed by atoms with E-state index in [0.29, 0.717) is 12.3 Å². The maximum Gasteiger partial charge on any atom is 0.191 e. The summed E-state index contributed by atoms with van der Waals surface area (Å²) in [5.74, 6) is -0.181. The Morgan fingerprint density at radius 1 is 1.29 bits per heavy atom. The highest BCUT2D eigenvalue weighted by Crippen LogP contribution is 2.09. The quantitative estimate of drug-likeness (QED) is 0.844. The van der Waals surface area contributed by atoms with Crippen LogP contribution in [0.15, 0.2) is 47.1 Å². The van der Waals surface area contributed by atoms with Gasteiger partial charge in [-0.3, -0.25) is 9.79 Å². The van der Waals surface area contributed by atoms with Gasteiger partial charge in [-0.25, -0.2) is 0 Å². The van der Waals surface area contributed by atoms with Crippen molar-refractivity contribution in [2.45, 2.75) is 12.7 Å². The SMILES string of the molecule is O=C1C=C(CO)N=CC1OCc1ccccc1. The largest absolute Gasteiger partial charge is 0.390 e. The number of hydrogen-bond donors (Lipinski definition) is 1. The third-order valence-corrected chi connectivity index (χ3v) is 2.40. The van der Waals surface area contributed by atoms with Gasteiger partial charge in [0.15, 0.2) is 11.9 Å². The number of carbonyl (C=O) groups is 1. The highest BCUT2D eigenvalue weighted by atomic mass is 16.5. The number of rotatable bonds is 4. The maximum atomic E-state index is 11.6. The highest BCUT2D eigenvalue weighted by Gasteiger charge is 2.19. The standard InChI is InChI=1S/C13H13NO3/c15-8-11-6-12(16)13(7-14-11)17-9-10-4-2-1-3-5-10/h1-7,13,15H,8-9H2. The molecule has 1 unspecified atom stereocenters. The molecule has 0 bridgehead atoms. The van der Waals surface area contributed by atoms with Crippen molar-refractivity contribution in [2.24, 2.45) is 4.99 Å². The van der Waals surface area contributed by atoms with Gasteiger partial charge in [0.1, 0.15) is 0 Å². The predicted molar refractivity (Wildman–Crippen MR) is 63.7 cm³/mol. The lowest BCUT2D eigenvalue weighted by Gasteiger charge is -2.14. The van der Waals surface area contributed by atoms with E-state index in [1.807, 2.05) is 30.3 Å². The van der Waals surface area contributed by atoms with Crippen LogP contribution in [-0.4, -0.2) is 29.8 Å². The Kier molecular flexibility index (Phi) is 3.80. The smallest absolute Gasteiger partial charge is 0.191 e. The van der Waals surface area contributed by atoms with Crippen LogP contribution in [0.5, 0.6) is 0 Å². The molecule has 1 aromatic rings. The van der Waals surface area contributed by atoms with Gasteiger partial charge in [0.2, 0.25) is 0 Å². The summed E-state index contributed by atoms with van der Waals surface area (Å²) >= 11 is 0. The molecule has 4 heteroatoms. The van der Waals surface area contributed by atoms with E-state index in [4.69, 9.17) is 9.84 Å². The molecule has 0 saturated carbocycles. The number of aliphatic hydroxyl groups excluding tert-OH is 1. The van der Waals surface area contributed by atoms with E-state index in [-0.39, 0.29) is 12.4 Å². The number of hydrogen-bond acceptors (Lipinski definition) is 4. The first kappa shape index (κ1) is 11.7. The Hall–Kier alpha value is -1.78. The molecule has 0 fully saturated rings. The summed E-state index contributed by atoms with van der Waals surface area (Å²) in [7, 11) is 0. The van der Waals surface area contributed by atoms with Crippen LogP contribution in [0.2, 0.25) is 0 Å². The van der Waals surface area contributed by atoms with Gasteiger partial charge < -0.3 is 9.84 Å². The van der Waals surface area contributed by atoms with Gasteiger partial charge in [-0.2, -0.15) is 0 Å². The first-order chi connectivity index (χ1) is 8.29. The zero-order valence-electron chi connectivity index (χ0n) is 9.24. The number of aliphatic imine (C=N–C) groups is 1. The normalized spacial score (nSPS) is 19.2. The van der Waals surface area contributed by atoms with Crippen LogP contribution >= 0.6 is 0 Å². The molecule has 0 spiro atoms. The Balaban J connectivity index is 1.92. The summed E-state index contributed by atoms with van der Waals surface area (Å²) in [5.41, 5.74) is 1.38. The number of ketones is 1. The molecule has 1 aliphatic heterocycles. The van der Waals surface area contributed by atoms with Crippen molar-refractivity contribution in [3.05, 3.63) is 47.7 Å². The minimum Gasteiger partial charge on any atom is -0.390 e. The van der Waals surface area contributed by atoms with Gasteiger partial charge >= 0.3 is 0 Å². The summed E-state index contributed by atoms with van der Waals surface area (Å²) in [5, 5.41) is 8.83. The molecule has 0 aromatic heterocycles. The predicted octanol–water partition coefficient (Wildman–Crippen LogP) is 1.10. The molecule has 88 valence electrons. The molecule has 1 N–H and O–H groups in total. The fourth-order valence-corrected chi connectivity index (χ4v) is 1.49. The van der Waals surface area contributed by atoms with Gasteiger partial charge in [-0.1, -0.05) is 30.3 Å². The molecule has 17 heavy (non-hydrogen) atoms. The lowest BCUT2D eigenvalue weighted by atomic mass is 10.1. The van der Waals surface area contributed by atoms with Crippen LogP contribution in [0, 0.1) is 0 Å². The Bertz CT molecular complexity index is 451. The van der Waals surface area contributed by atoms with Crippen molar-refractivity contribution in [3.63, 3.8) is 0 Å². The minimum absolute atomic E-state index is 0.181. The summed E-state index contributed by atoms with van der Waals surface area (Å²) in [6, 6.07) is 9.62. The van der Waals surface area contributed by atoms with Crippen molar-refractivity contribution in [1.29, 1.82) is 0 Å². The third-order valence-electron chi connectivity index (χ3n) is 2.40. The van der Waals surface area contributed by atoms with Crippen molar-refractivity contribution in [1.82, 2.24) is 0 Å². The fourth-order valence-electron chi connectivity index (χ4n) is 1.49. The van der Waals surface area contributed by atoms with Gasteiger partial charge in [0, 0.05) is 12.3 Å². The first-order valence-electron chi connectivity index (χ1n) is 5.34. The maximum absolute atomic E-state index is 11.6. The van der Waals surface area contributed by atoms with E-state index in [9.17, 15) is 4.79 Å². The summed E-state index contributed by atoms with van der Waals surface area (Å²) in [6.45, 7) is 0.138. The van der Waals surface area contributed by atoms with E-state index < -0.39 is 6.10 Å². The van der Waals surface area contributed by atoms with Crippen molar-refractivity contribution >= 4 is 12.0 Å². The lowest BCUT2D eigenvalue weighted by molar-refractivity contribution is -0.122. The Morgan fingerprint density at radius 3 is 2.71 bits per heavy atom. The molecular formula is C13H13NO3. The monoisotopic (exact) mass is 231 g/mol. The zero-order chi connectivity index (χ0) is 12.1. The van der Waals surface area contributed by atoms with E-state index in [1.165, 1.54) is 12.3 Å². The Labute approximate surface area is 99.3 Å². The second-order valence-corrected chi connectivity index (χ2v) is 3.69. The van der Waals surface area contributed by atoms with Gasteiger partial charge in [0.25, 0.3) is 0 Å². The number of carbonyl (C=O) groups excluding carboxylic acids is 1. The number of benzene rings is 1. The van der Waals surface area contributed by atoms with Gasteiger partial charge in [-0.05, 0) is 5.56 Å². The molecule has 0 saturated heterocycles. The average molecular weight is 231 g/mol. The van der Waals surface area contributed by atoms with Gasteiger partial charge in [-0.15, -0.1) is 0 Å². The molecule has 1 heterocycles. The van der Waals surface area contributed by atoms with Crippen LogP contribution in [0.4, 0.5) is 0 Å². The van der Waals surface area contributed by atoms with Crippen molar-refractivity contribution in [2.75, 3.05) is 6.61 Å². The van der Waals surface area contributed by atoms with Crippen LogP contribution in [0.1, 0.15) is 5.56 Å². The van der Waals surface area contributed by atoms with E-state index >= 15 is 0 Å². The highest BCUT2D eigenvalue weighted by molar-refractivity contribution is 6.06. The number of aliphatic hydroxyl groups is 1. The summed E-state index contributed by atoms with van der Waals surface area (Å²) in [6.07, 6.45) is 2.09. The first-order valence-corrected chi connectivity index (χ1v) is 5.34. The van der Waals surface area contributed by atoms with Gasteiger partial charge in [0.05, 0.1) is 18.9 Å². The molecule has 1 aromatic carbocycles. The summed E-state index contributed by atoms with van der Waals surface area (Å²) in [4.78, 5) is 15.5. The van der Waals surface area contributed by atoms with E-state index in [0.717, 1.165) is 5.56 Å². The second kappa shape index (κ2) is 5.52. The molecule has 4 nitrogen and oxygen atoms in total. The molecule has 0 aliphatic carbocycles. The third kappa shape index (κ3) is 3.09. The van der Waals surface area contributed by atoms with Crippen LogP contribution < -0.4 is 0 Å².